The molecule has 0 aliphatic carbocycles. The molecular formula is C43H45N11O5. The Morgan fingerprint density at radius 3 is 2.36 bits per heavy atom. The first-order chi connectivity index (χ1) is 28.8. The number of piperazine rings is 1. The van der Waals surface area contributed by atoms with Crippen LogP contribution in [-0.2, 0) is 16.1 Å². The maximum atomic E-state index is 13.9. The van der Waals surface area contributed by atoms with Gasteiger partial charge in [0.25, 0.3) is 5.91 Å². The number of imide groups is 1. The number of benzene rings is 3. The average molecular weight is 796 g/mol. The van der Waals surface area contributed by atoms with Gasteiger partial charge in [0.05, 0.1) is 11.4 Å². The third-order valence-electron chi connectivity index (χ3n) is 12.5. The van der Waals surface area contributed by atoms with Gasteiger partial charge in [-0.2, -0.15) is 5.10 Å². The number of nitrogen functional groups attached to an aromatic ring is 1. The fraction of sp³-hybridized carbons (Fsp3) is 0.372. The third kappa shape index (κ3) is 6.86. The number of likely N-dealkylation sites (tertiary alicyclic amines) is 2. The molecule has 3 N–H and O–H groups in total. The molecule has 5 amide bonds. The highest BCUT2D eigenvalue weighted by molar-refractivity contribution is 6.05. The second-order valence-corrected chi connectivity index (χ2v) is 16.0. The topological polar surface area (TPSA) is 175 Å². The van der Waals surface area contributed by atoms with Gasteiger partial charge in [-0.15, -0.1) is 0 Å². The molecule has 2 atom stereocenters. The number of ether oxygens (including phenoxy) is 1. The number of nitrogens with two attached hydrogens (primary N) is 1. The molecule has 7 heterocycles. The first-order valence-corrected chi connectivity index (χ1v) is 20.4. The van der Waals surface area contributed by atoms with Gasteiger partial charge in [-0.05, 0) is 79.4 Å². The smallest absolute Gasteiger partial charge is 0.320 e. The Morgan fingerprint density at radius 1 is 0.814 bits per heavy atom. The summed E-state index contributed by atoms with van der Waals surface area (Å²) in [7, 11) is 0. The van der Waals surface area contributed by atoms with Gasteiger partial charge in [-0.1, -0.05) is 18.2 Å². The number of amides is 5. The first kappa shape index (κ1) is 36.8. The lowest BCUT2D eigenvalue weighted by atomic mass is 10.0. The molecule has 2 unspecified atom stereocenters. The molecule has 5 aliphatic heterocycles. The minimum absolute atomic E-state index is 0.0588. The Morgan fingerprint density at radius 2 is 1.58 bits per heavy atom. The molecule has 16 heteroatoms. The Balaban J connectivity index is 0.747. The lowest BCUT2D eigenvalue weighted by molar-refractivity contribution is -0.136. The highest BCUT2D eigenvalue weighted by atomic mass is 16.5. The summed E-state index contributed by atoms with van der Waals surface area (Å²) in [6.07, 6.45) is 3.76. The van der Waals surface area contributed by atoms with E-state index >= 15 is 0 Å². The fourth-order valence-electron chi connectivity index (χ4n) is 9.23. The van der Waals surface area contributed by atoms with E-state index in [0.29, 0.717) is 79.0 Å². The zero-order valence-corrected chi connectivity index (χ0v) is 32.6. The van der Waals surface area contributed by atoms with Crippen LogP contribution < -0.4 is 20.7 Å². The molecule has 0 saturated carbocycles. The summed E-state index contributed by atoms with van der Waals surface area (Å²) < 4.78 is 7.93. The number of aromatic nitrogens is 4. The third-order valence-corrected chi connectivity index (χ3v) is 12.5. The zero-order chi connectivity index (χ0) is 40.2. The van der Waals surface area contributed by atoms with Crippen LogP contribution in [0.1, 0.15) is 47.6 Å². The number of hydrogen-bond acceptors (Lipinski definition) is 11. The van der Waals surface area contributed by atoms with Crippen LogP contribution in [0.25, 0.3) is 22.3 Å². The Kier molecular flexibility index (Phi) is 9.34. The minimum Gasteiger partial charge on any atom is -0.457 e. The summed E-state index contributed by atoms with van der Waals surface area (Å²) in [5, 5.41) is 8.13. The SMILES string of the molecule is Nc1ncnc2c1c(-c1ccc(Oc3ccccc3)cc1)nn2C1CCCN(C(=O)N2CC(N3CCN(c4ccc5c(c4)CN(C4CCC(=O)NC4=O)C5=O)CC3)C2)C1. The number of hydrogen-bond donors (Lipinski definition) is 2. The van der Waals surface area contributed by atoms with E-state index in [4.69, 9.17) is 15.6 Å². The lowest BCUT2D eigenvalue weighted by Gasteiger charge is -2.50. The molecule has 2 aromatic heterocycles. The standard InChI is InChI=1S/C43H45N11O5/c44-39-37-38(27-8-11-33(12-9-27)59-32-6-2-1-3-7-32)48-54(40(37)46-26-45-39)30-5-4-16-51(23-30)43(58)52-24-31(25-52)50-19-17-49(18-20-50)29-10-13-34-28(21-29)22-53(42(34)57)35-14-15-36(55)47-41(35)56/h1-3,6-13,21,26,30-31,35H,4-5,14-20,22-25H2,(H2,44,45,46)(H,47,55,56). The van der Waals surface area contributed by atoms with E-state index in [1.807, 2.05) is 81.2 Å². The number of rotatable bonds is 7. The molecule has 5 aromatic rings. The molecule has 10 rings (SSSR count). The van der Waals surface area contributed by atoms with Crippen LogP contribution in [0.15, 0.2) is 79.1 Å². The van der Waals surface area contributed by atoms with Crippen molar-refractivity contribution >= 4 is 46.3 Å². The average Bonchev–Trinajstić information content (AvgIpc) is 3.79. The summed E-state index contributed by atoms with van der Waals surface area (Å²) in [5.74, 6) is 0.976. The van der Waals surface area contributed by atoms with Crippen molar-refractivity contribution in [2.45, 2.75) is 50.4 Å². The molecular weight excluding hydrogens is 751 g/mol. The molecule has 16 nitrogen and oxygen atoms in total. The van der Waals surface area contributed by atoms with Crippen molar-refractivity contribution in [3.63, 3.8) is 0 Å². The van der Waals surface area contributed by atoms with Crippen molar-refractivity contribution in [3.05, 3.63) is 90.3 Å². The zero-order valence-electron chi connectivity index (χ0n) is 32.6. The molecule has 302 valence electrons. The van der Waals surface area contributed by atoms with Crippen molar-refractivity contribution in [3.8, 4) is 22.8 Å². The summed E-state index contributed by atoms with van der Waals surface area (Å²) in [6, 6.07) is 23.0. The maximum absolute atomic E-state index is 13.9. The predicted octanol–water partition coefficient (Wildman–Crippen LogP) is 3.89. The van der Waals surface area contributed by atoms with E-state index in [2.05, 4.69) is 31.2 Å². The van der Waals surface area contributed by atoms with Crippen LogP contribution >= 0.6 is 0 Å². The molecule has 4 fully saturated rings. The second kappa shape index (κ2) is 15.0. The number of nitrogens with zero attached hydrogens (tertiary/aromatic N) is 9. The van der Waals surface area contributed by atoms with Gasteiger partial charge >= 0.3 is 6.03 Å². The van der Waals surface area contributed by atoms with Crippen LogP contribution in [0, 0.1) is 0 Å². The quantitative estimate of drug-likeness (QED) is 0.229. The highest BCUT2D eigenvalue weighted by Gasteiger charge is 2.41. The van der Waals surface area contributed by atoms with E-state index in [1.165, 1.54) is 6.33 Å². The van der Waals surface area contributed by atoms with Crippen LogP contribution in [0.2, 0.25) is 0 Å². The van der Waals surface area contributed by atoms with E-state index < -0.39 is 11.9 Å². The fourth-order valence-corrected chi connectivity index (χ4v) is 9.23. The molecule has 0 spiro atoms. The van der Waals surface area contributed by atoms with Crippen LogP contribution in [0.3, 0.4) is 0 Å². The number of urea groups is 1. The number of piperidine rings is 2. The van der Waals surface area contributed by atoms with Crippen LogP contribution in [0.5, 0.6) is 11.5 Å². The van der Waals surface area contributed by atoms with Crippen molar-refractivity contribution in [2.75, 3.05) is 63.0 Å². The highest BCUT2D eigenvalue weighted by Crippen LogP contribution is 2.36. The lowest BCUT2D eigenvalue weighted by Crippen LogP contribution is -2.66. The van der Waals surface area contributed by atoms with Gasteiger partial charge in [0, 0.05) is 88.2 Å². The van der Waals surface area contributed by atoms with Gasteiger partial charge in [0.2, 0.25) is 11.8 Å². The minimum atomic E-state index is -0.624. The normalized spacial score (nSPS) is 21.5. The monoisotopic (exact) mass is 795 g/mol. The molecule has 3 aromatic carbocycles. The van der Waals surface area contributed by atoms with Crippen molar-refractivity contribution < 1.29 is 23.9 Å². The number of para-hydroxylation sites is 1. The predicted molar refractivity (Wildman–Crippen MR) is 219 cm³/mol. The molecule has 5 aliphatic rings. The number of anilines is 2. The summed E-state index contributed by atoms with van der Waals surface area (Å²) in [5.41, 5.74) is 11.2. The van der Waals surface area contributed by atoms with E-state index in [9.17, 15) is 19.2 Å². The molecule has 4 saturated heterocycles. The Hall–Kier alpha value is -6.55. The molecule has 59 heavy (non-hydrogen) atoms. The maximum Gasteiger partial charge on any atom is 0.320 e. The number of nitrogens with one attached hydrogen (secondary N) is 1. The Bertz CT molecular complexity index is 2440. The van der Waals surface area contributed by atoms with E-state index in [-0.39, 0.29) is 30.3 Å². The van der Waals surface area contributed by atoms with E-state index in [0.717, 1.165) is 61.6 Å². The van der Waals surface area contributed by atoms with Crippen molar-refractivity contribution in [2.24, 2.45) is 0 Å². The first-order valence-electron chi connectivity index (χ1n) is 20.4. The molecule has 0 radical (unpaired) electrons. The van der Waals surface area contributed by atoms with Gasteiger partial charge in [0.15, 0.2) is 5.65 Å². The second-order valence-electron chi connectivity index (χ2n) is 16.0. The van der Waals surface area contributed by atoms with Crippen LogP contribution in [0.4, 0.5) is 16.3 Å². The van der Waals surface area contributed by atoms with Crippen molar-refractivity contribution in [1.82, 2.24) is 44.7 Å². The summed E-state index contributed by atoms with van der Waals surface area (Å²) >= 11 is 0. The number of carbonyl (C=O) groups is 4. The van der Waals surface area contributed by atoms with E-state index in [1.54, 1.807) is 4.90 Å². The Labute approximate surface area is 340 Å². The van der Waals surface area contributed by atoms with Gasteiger partial charge in [-0.3, -0.25) is 24.6 Å². The van der Waals surface area contributed by atoms with Gasteiger partial charge < -0.3 is 30.1 Å². The largest absolute Gasteiger partial charge is 0.457 e. The summed E-state index contributed by atoms with van der Waals surface area (Å²) in [4.78, 5) is 70.4. The van der Waals surface area contributed by atoms with Gasteiger partial charge in [-0.25, -0.2) is 19.4 Å². The number of fused-ring (bicyclic) bond motifs is 2. The summed E-state index contributed by atoms with van der Waals surface area (Å²) in [6.45, 7) is 6.39. The molecule has 0 bridgehead atoms. The van der Waals surface area contributed by atoms with Crippen molar-refractivity contribution in [1.29, 1.82) is 0 Å². The number of carbonyl (C=O) groups excluding carboxylic acids is 4. The van der Waals surface area contributed by atoms with Gasteiger partial charge in [0.1, 0.15) is 35.4 Å². The van der Waals surface area contributed by atoms with Crippen LogP contribution in [-0.4, -0.2) is 128 Å².